The Kier molecular flexibility index (Phi) is 7.08. The fourth-order valence-corrected chi connectivity index (χ4v) is 3.03. The van der Waals surface area contributed by atoms with Crippen molar-refractivity contribution in [3.8, 4) is 5.75 Å². The Bertz CT molecular complexity index is 832. The molecule has 0 spiro atoms. The number of alkyl halides is 5. The van der Waals surface area contributed by atoms with Gasteiger partial charge in [0.05, 0.1) is 22.5 Å². The summed E-state index contributed by atoms with van der Waals surface area (Å²) >= 11 is 4.44. The average Bonchev–Trinajstić information content (AvgIpc) is 3.06. The largest absolute Gasteiger partial charge is 0.491 e. The van der Waals surface area contributed by atoms with Gasteiger partial charge in [0.1, 0.15) is 18.0 Å². The number of nitrogens with zero attached hydrogens (tertiary/aromatic N) is 2. The van der Waals surface area contributed by atoms with Gasteiger partial charge >= 0.3 is 18.2 Å². The summed E-state index contributed by atoms with van der Waals surface area (Å²) < 4.78 is 77.3. The monoisotopic (exact) mass is 452 g/mol. The Balaban J connectivity index is 2.27. The highest BCUT2D eigenvalue weighted by Crippen LogP contribution is 2.48. The predicted octanol–water partition coefficient (Wildman–Crippen LogP) is 5.85. The van der Waals surface area contributed by atoms with Gasteiger partial charge in [-0.05, 0) is 58.0 Å². The van der Waals surface area contributed by atoms with Gasteiger partial charge in [0.2, 0.25) is 0 Å². The van der Waals surface area contributed by atoms with Crippen LogP contribution in [0.5, 0.6) is 5.75 Å². The number of benzene rings is 1. The van der Waals surface area contributed by atoms with Crippen molar-refractivity contribution in [3.63, 3.8) is 0 Å². The molecule has 1 aliphatic heterocycles. The second-order valence-corrected chi connectivity index (χ2v) is 7.92. The smallest absolute Gasteiger partial charge is 0.458 e. The summed E-state index contributed by atoms with van der Waals surface area (Å²) in [7, 11) is 0. The van der Waals surface area contributed by atoms with E-state index >= 15 is 0 Å². The maximum atomic E-state index is 14.0. The van der Waals surface area contributed by atoms with Crippen LogP contribution in [0, 0.1) is 0 Å². The lowest BCUT2D eigenvalue weighted by atomic mass is 10.1. The third kappa shape index (κ3) is 5.66. The van der Waals surface area contributed by atoms with Gasteiger partial charge in [0.25, 0.3) is 0 Å². The Labute approximate surface area is 175 Å². The van der Waals surface area contributed by atoms with Crippen LogP contribution >= 0.6 is 12.2 Å². The fourth-order valence-electron chi connectivity index (χ4n) is 2.92. The molecule has 0 saturated carbocycles. The molecular weight excluding hydrogens is 431 g/mol. The number of carbonyl (C=O) groups excluding carboxylic acids is 1. The minimum Gasteiger partial charge on any atom is -0.491 e. The Morgan fingerprint density at radius 3 is 2.50 bits per heavy atom. The topological polar surface area (TPSA) is 51.1 Å². The van der Waals surface area contributed by atoms with Gasteiger partial charge in [0, 0.05) is 12.6 Å². The summed E-state index contributed by atoms with van der Waals surface area (Å²) in [4.78, 5) is 17.3. The van der Waals surface area contributed by atoms with E-state index in [0.717, 1.165) is 12.1 Å². The Morgan fingerprint density at radius 2 is 1.93 bits per heavy atom. The predicted molar refractivity (Wildman–Crippen MR) is 103 cm³/mol. The van der Waals surface area contributed by atoms with Crippen molar-refractivity contribution in [2.75, 3.05) is 13.2 Å². The molecule has 166 valence electrons. The summed E-state index contributed by atoms with van der Waals surface area (Å²) in [6.07, 6.45) is -5.31. The zero-order valence-corrected chi connectivity index (χ0v) is 17.4. The summed E-state index contributed by atoms with van der Waals surface area (Å²) in [6, 6.07) is 1.95. The van der Waals surface area contributed by atoms with Crippen LogP contribution in [0.3, 0.4) is 0 Å². The zero-order valence-electron chi connectivity index (χ0n) is 16.6. The maximum absolute atomic E-state index is 14.0. The fraction of sp³-hybridized carbons (Fsp3) is 0.579. The molecule has 1 fully saturated rings. The van der Waals surface area contributed by atoms with Gasteiger partial charge in [-0.25, -0.2) is 4.79 Å². The lowest BCUT2D eigenvalue weighted by Gasteiger charge is -2.29. The molecule has 0 N–H and O–H groups in total. The SMILES string of the molecule is CC(C)(C)OC(=O)N1CCC[C@@H]1COc1cc(N=C=S)ccc1C(F)(F)C(F)(F)F. The molecule has 11 heteroatoms. The first-order valence-corrected chi connectivity index (χ1v) is 9.46. The molecule has 0 unspecified atom stereocenters. The van der Waals surface area contributed by atoms with Crippen molar-refractivity contribution in [2.24, 2.45) is 4.99 Å². The van der Waals surface area contributed by atoms with E-state index in [9.17, 15) is 26.7 Å². The van der Waals surface area contributed by atoms with Crippen LogP contribution in [-0.4, -0.2) is 47.1 Å². The molecule has 0 radical (unpaired) electrons. The quantitative estimate of drug-likeness (QED) is 0.319. The van der Waals surface area contributed by atoms with Gasteiger partial charge in [-0.1, -0.05) is 0 Å². The van der Waals surface area contributed by atoms with Gasteiger partial charge < -0.3 is 14.4 Å². The van der Waals surface area contributed by atoms with E-state index in [4.69, 9.17) is 9.47 Å². The summed E-state index contributed by atoms with van der Waals surface area (Å²) in [6.45, 7) is 5.16. The minimum atomic E-state index is -5.81. The third-order valence-electron chi connectivity index (χ3n) is 4.27. The number of halogens is 5. The molecular formula is C19H21F5N2O3S. The van der Waals surface area contributed by atoms with E-state index in [1.807, 2.05) is 5.16 Å². The number of ether oxygens (including phenoxy) is 2. The standard InChI is InChI=1S/C19H21F5N2O3S/c1-17(2,3)29-16(27)26-8-4-5-13(26)10-28-15-9-12(25-11-30)6-7-14(15)18(20,21)19(22,23)24/h6-7,9,13H,4-5,8,10H2,1-3H3/t13-/m1/s1. The van der Waals surface area contributed by atoms with E-state index in [0.29, 0.717) is 25.5 Å². The van der Waals surface area contributed by atoms with Crippen molar-refractivity contribution >= 4 is 29.2 Å². The first-order chi connectivity index (χ1) is 13.8. The summed E-state index contributed by atoms with van der Waals surface area (Å²) in [5.74, 6) is -5.83. The molecule has 0 aliphatic carbocycles. The number of hydrogen-bond donors (Lipinski definition) is 0. The van der Waals surface area contributed by atoms with Gasteiger partial charge in [-0.3, -0.25) is 0 Å². The molecule has 5 nitrogen and oxygen atoms in total. The highest BCUT2D eigenvalue weighted by molar-refractivity contribution is 7.78. The summed E-state index contributed by atoms with van der Waals surface area (Å²) in [5, 5.41) is 2.01. The molecule has 1 aliphatic rings. The van der Waals surface area contributed by atoms with E-state index in [1.54, 1.807) is 20.8 Å². The highest BCUT2D eigenvalue weighted by atomic mass is 32.1. The molecule has 0 bridgehead atoms. The molecule has 1 aromatic rings. The van der Waals surface area contributed by atoms with Crippen molar-refractivity contribution in [3.05, 3.63) is 23.8 Å². The van der Waals surface area contributed by atoms with E-state index < -0.39 is 41.1 Å². The van der Waals surface area contributed by atoms with Crippen LogP contribution in [0.2, 0.25) is 0 Å². The summed E-state index contributed by atoms with van der Waals surface area (Å²) in [5.41, 5.74) is -2.07. The number of hydrogen-bond acceptors (Lipinski definition) is 5. The Hall–Kier alpha value is -2.26. The maximum Gasteiger partial charge on any atom is 0.458 e. The first-order valence-electron chi connectivity index (χ1n) is 9.05. The molecule has 2 rings (SSSR count). The van der Waals surface area contributed by atoms with Crippen molar-refractivity contribution < 1.29 is 36.2 Å². The van der Waals surface area contributed by atoms with E-state index in [-0.39, 0.29) is 12.3 Å². The normalized spacial score (nSPS) is 17.5. The molecule has 30 heavy (non-hydrogen) atoms. The molecule has 1 atom stereocenters. The molecule has 1 saturated heterocycles. The van der Waals surface area contributed by atoms with Gasteiger partial charge in [-0.15, -0.1) is 0 Å². The van der Waals surface area contributed by atoms with E-state index in [2.05, 4.69) is 17.2 Å². The number of carbonyl (C=O) groups is 1. The molecule has 1 heterocycles. The number of aliphatic imine (C=N–C) groups is 1. The number of thiocarbonyl (C=S) groups is 1. The lowest BCUT2D eigenvalue weighted by molar-refractivity contribution is -0.289. The number of likely N-dealkylation sites (tertiary alicyclic amines) is 1. The second kappa shape index (κ2) is 8.85. The first kappa shape index (κ1) is 24.0. The van der Waals surface area contributed by atoms with Crippen LogP contribution in [0.4, 0.5) is 32.4 Å². The number of amides is 1. The minimum absolute atomic E-state index is 0.0112. The lowest BCUT2D eigenvalue weighted by Crippen LogP contribution is -2.42. The molecule has 1 aromatic carbocycles. The molecule has 1 amide bonds. The van der Waals surface area contributed by atoms with Crippen LogP contribution in [0.15, 0.2) is 23.2 Å². The van der Waals surface area contributed by atoms with Crippen molar-refractivity contribution in [1.29, 1.82) is 0 Å². The van der Waals surface area contributed by atoms with E-state index in [1.165, 1.54) is 4.90 Å². The van der Waals surface area contributed by atoms with Crippen molar-refractivity contribution in [1.82, 2.24) is 4.90 Å². The van der Waals surface area contributed by atoms with Crippen LogP contribution < -0.4 is 4.74 Å². The highest BCUT2D eigenvalue weighted by Gasteiger charge is 2.60. The van der Waals surface area contributed by atoms with Crippen LogP contribution in [0.25, 0.3) is 0 Å². The van der Waals surface area contributed by atoms with Crippen LogP contribution in [0.1, 0.15) is 39.2 Å². The van der Waals surface area contributed by atoms with Gasteiger partial charge in [-0.2, -0.15) is 26.9 Å². The number of isothiocyanates is 1. The Morgan fingerprint density at radius 1 is 1.27 bits per heavy atom. The van der Waals surface area contributed by atoms with Crippen molar-refractivity contribution in [2.45, 2.75) is 57.4 Å². The second-order valence-electron chi connectivity index (χ2n) is 7.74. The number of rotatable bonds is 5. The van der Waals surface area contributed by atoms with Crippen LogP contribution in [-0.2, 0) is 10.7 Å². The van der Waals surface area contributed by atoms with Gasteiger partial charge in [0.15, 0.2) is 0 Å². The third-order valence-corrected chi connectivity index (χ3v) is 4.36. The molecule has 0 aromatic heterocycles. The zero-order chi connectivity index (χ0) is 22.7. The average molecular weight is 452 g/mol.